The Kier molecular flexibility index (Phi) is 6.64. The topological polar surface area (TPSA) is 103 Å². The molecular weight excluding hydrogens is 406 g/mol. The van der Waals surface area contributed by atoms with Gasteiger partial charge in [-0.3, -0.25) is 14.4 Å². The van der Waals surface area contributed by atoms with Gasteiger partial charge in [-0.2, -0.15) is 0 Å². The van der Waals surface area contributed by atoms with E-state index in [1.54, 1.807) is 6.20 Å². The Bertz CT molecular complexity index is 1130. The van der Waals surface area contributed by atoms with E-state index < -0.39 is 41.4 Å². The smallest absolute Gasteiger partial charge is 0.246 e. The van der Waals surface area contributed by atoms with Crippen molar-refractivity contribution in [2.24, 2.45) is 0 Å². The van der Waals surface area contributed by atoms with Crippen molar-refractivity contribution in [2.75, 3.05) is 7.05 Å². The van der Waals surface area contributed by atoms with Gasteiger partial charge in [0.25, 0.3) is 0 Å². The van der Waals surface area contributed by atoms with Crippen LogP contribution in [0.15, 0.2) is 48.7 Å². The first kappa shape index (κ1) is 21.9. The molecule has 162 valence electrons. The second kappa shape index (κ2) is 9.38. The van der Waals surface area contributed by atoms with Gasteiger partial charge in [-0.1, -0.05) is 24.3 Å². The fourth-order valence-electron chi connectivity index (χ4n) is 3.35. The summed E-state index contributed by atoms with van der Waals surface area (Å²) in [6.45, 7) is 1.28. The van der Waals surface area contributed by atoms with E-state index in [-0.39, 0.29) is 12.0 Å². The highest BCUT2D eigenvalue weighted by atomic mass is 19.2. The van der Waals surface area contributed by atoms with E-state index in [2.05, 4.69) is 20.9 Å². The van der Waals surface area contributed by atoms with Crippen LogP contribution in [0.25, 0.3) is 10.9 Å². The van der Waals surface area contributed by atoms with Gasteiger partial charge in [0.1, 0.15) is 12.1 Å². The number of aromatic nitrogens is 1. The largest absolute Gasteiger partial charge is 0.361 e. The molecule has 0 aliphatic carbocycles. The number of fused-ring (bicyclic) bond motifs is 1. The molecule has 1 aromatic heterocycles. The predicted octanol–water partition coefficient (Wildman–Crippen LogP) is 2.10. The normalized spacial score (nSPS) is 12.8. The first-order valence-corrected chi connectivity index (χ1v) is 9.59. The minimum absolute atomic E-state index is 0.0697. The number of H-pyrrole nitrogens is 1. The highest BCUT2D eigenvalue weighted by molar-refractivity contribution is 5.93. The van der Waals surface area contributed by atoms with Crippen molar-refractivity contribution in [2.45, 2.75) is 25.4 Å². The second-order valence-corrected chi connectivity index (χ2v) is 7.05. The number of carbonyl (C=O) groups excluding carboxylic acids is 3. The molecule has 0 spiro atoms. The van der Waals surface area contributed by atoms with E-state index in [1.165, 1.54) is 20.0 Å². The molecule has 3 aromatic rings. The quantitative estimate of drug-likeness (QED) is 0.463. The average Bonchev–Trinajstić information content (AvgIpc) is 3.15. The Balaban J connectivity index is 1.87. The van der Waals surface area contributed by atoms with Crippen molar-refractivity contribution >= 4 is 28.6 Å². The van der Waals surface area contributed by atoms with Crippen LogP contribution < -0.4 is 16.0 Å². The van der Waals surface area contributed by atoms with Crippen molar-refractivity contribution in [3.63, 3.8) is 0 Å². The van der Waals surface area contributed by atoms with Crippen molar-refractivity contribution in [3.05, 3.63) is 71.4 Å². The number of hydrogen-bond donors (Lipinski definition) is 4. The Labute approximate surface area is 177 Å². The molecule has 0 bridgehead atoms. The zero-order valence-corrected chi connectivity index (χ0v) is 17.0. The van der Waals surface area contributed by atoms with E-state index in [1.807, 2.05) is 24.3 Å². The van der Waals surface area contributed by atoms with Crippen LogP contribution in [-0.2, 0) is 20.8 Å². The lowest BCUT2D eigenvalue weighted by Crippen LogP contribution is -2.50. The van der Waals surface area contributed by atoms with Crippen LogP contribution in [0, 0.1) is 11.6 Å². The fraction of sp³-hybridized carbons (Fsp3) is 0.227. The Morgan fingerprint density at radius 2 is 1.74 bits per heavy atom. The molecule has 0 aliphatic heterocycles. The van der Waals surface area contributed by atoms with Crippen LogP contribution in [0.2, 0.25) is 0 Å². The molecule has 3 rings (SSSR count). The maximum absolute atomic E-state index is 13.7. The summed E-state index contributed by atoms with van der Waals surface area (Å²) in [5.74, 6) is -3.89. The first-order valence-electron chi connectivity index (χ1n) is 9.59. The van der Waals surface area contributed by atoms with Gasteiger partial charge in [-0.15, -0.1) is 0 Å². The SMILES string of the molecule is CNC(=O)C(NC(=O)C(Cc1c[nH]c2ccccc12)NC(C)=O)c1ccc(F)c(F)c1. The van der Waals surface area contributed by atoms with Crippen LogP contribution in [0.3, 0.4) is 0 Å². The molecule has 1 heterocycles. The predicted molar refractivity (Wildman–Crippen MR) is 111 cm³/mol. The van der Waals surface area contributed by atoms with Crippen LogP contribution in [0.4, 0.5) is 8.78 Å². The lowest BCUT2D eigenvalue weighted by atomic mass is 10.0. The summed E-state index contributed by atoms with van der Waals surface area (Å²) in [4.78, 5) is 40.2. The van der Waals surface area contributed by atoms with Crippen LogP contribution >= 0.6 is 0 Å². The molecule has 4 N–H and O–H groups in total. The molecule has 7 nitrogen and oxygen atoms in total. The van der Waals surface area contributed by atoms with Crippen molar-refractivity contribution in [1.82, 2.24) is 20.9 Å². The highest BCUT2D eigenvalue weighted by Gasteiger charge is 2.28. The molecule has 0 radical (unpaired) electrons. The summed E-state index contributed by atoms with van der Waals surface area (Å²) in [7, 11) is 1.36. The molecule has 3 amide bonds. The number of rotatable bonds is 7. The van der Waals surface area contributed by atoms with Crippen molar-refractivity contribution in [3.8, 4) is 0 Å². The number of likely N-dealkylation sites (N-methyl/N-ethyl adjacent to an activating group) is 1. The van der Waals surface area contributed by atoms with E-state index in [4.69, 9.17) is 0 Å². The van der Waals surface area contributed by atoms with Crippen molar-refractivity contribution in [1.29, 1.82) is 0 Å². The minimum atomic E-state index is -1.27. The third kappa shape index (κ3) is 5.06. The third-order valence-electron chi connectivity index (χ3n) is 4.87. The number of nitrogens with one attached hydrogen (secondary N) is 4. The highest BCUT2D eigenvalue weighted by Crippen LogP contribution is 2.20. The molecule has 0 fully saturated rings. The molecule has 2 atom stereocenters. The van der Waals surface area contributed by atoms with Gasteiger partial charge >= 0.3 is 0 Å². The summed E-state index contributed by atoms with van der Waals surface area (Å²) in [6.07, 6.45) is 1.91. The Hall–Kier alpha value is -3.75. The monoisotopic (exact) mass is 428 g/mol. The van der Waals surface area contributed by atoms with Gasteiger partial charge in [0.2, 0.25) is 17.7 Å². The molecule has 2 unspecified atom stereocenters. The number of benzene rings is 2. The van der Waals surface area contributed by atoms with E-state index in [0.29, 0.717) is 0 Å². The molecule has 0 aliphatic rings. The minimum Gasteiger partial charge on any atom is -0.361 e. The third-order valence-corrected chi connectivity index (χ3v) is 4.87. The molecular formula is C22H22F2N4O3. The summed E-state index contributed by atoms with van der Waals surface area (Å²) in [5, 5.41) is 8.41. The van der Waals surface area contributed by atoms with Crippen LogP contribution in [-0.4, -0.2) is 35.8 Å². The van der Waals surface area contributed by atoms with Gasteiger partial charge in [-0.25, -0.2) is 8.78 Å². The standard InChI is InChI=1S/C22H22F2N4O3/c1-12(29)27-19(10-14-11-26-18-6-4-3-5-15(14)18)21(30)28-20(22(31)25-2)13-7-8-16(23)17(24)9-13/h3-9,11,19-20,26H,10H2,1-2H3,(H,25,31)(H,27,29)(H,28,30). The lowest BCUT2D eigenvalue weighted by Gasteiger charge is -2.22. The van der Waals surface area contributed by atoms with E-state index in [0.717, 1.165) is 28.6 Å². The maximum Gasteiger partial charge on any atom is 0.246 e. The summed E-state index contributed by atoms with van der Waals surface area (Å²) in [5.41, 5.74) is 1.75. The number of para-hydroxylation sites is 1. The number of carbonyl (C=O) groups is 3. The zero-order chi connectivity index (χ0) is 22.5. The van der Waals surface area contributed by atoms with E-state index >= 15 is 0 Å². The van der Waals surface area contributed by atoms with Crippen LogP contribution in [0.5, 0.6) is 0 Å². The fourth-order valence-corrected chi connectivity index (χ4v) is 3.35. The zero-order valence-electron chi connectivity index (χ0n) is 17.0. The maximum atomic E-state index is 13.7. The second-order valence-electron chi connectivity index (χ2n) is 7.05. The Morgan fingerprint density at radius 3 is 2.42 bits per heavy atom. The number of halogens is 2. The first-order chi connectivity index (χ1) is 14.8. The van der Waals surface area contributed by atoms with Gasteiger partial charge in [0.05, 0.1) is 0 Å². The molecule has 2 aromatic carbocycles. The summed E-state index contributed by atoms with van der Waals surface area (Å²) < 4.78 is 27.0. The lowest BCUT2D eigenvalue weighted by molar-refractivity contribution is -0.131. The number of hydrogen-bond acceptors (Lipinski definition) is 3. The Morgan fingerprint density at radius 1 is 1.00 bits per heavy atom. The summed E-state index contributed by atoms with van der Waals surface area (Å²) in [6, 6.07) is 8.18. The van der Waals surface area contributed by atoms with Gasteiger partial charge in [0.15, 0.2) is 11.6 Å². The van der Waals surface area contributed by atoms with Gasteiger partial charge in [0, 0.05) is 37.5 Å². The molecule has 9 heteroatoms. The molecule has 31 heavy (non-hydrogen) atoms. The number of amides is 3. The van der Waals surface area contributed by atoms with Gasteiger partial charge in [-0.05, 0) is 29.3 Å². The molecule has 0 saturated heterocycles. The average molecular weight is 428 g/mol. The number of aromatic amines is 1. The van der Waals surface area contributed by atoms with Crippen LogP contribution in [0.1, 0.15) is 24.1 Å². The van der Waals surface area contributed by atoms with E-state index in [9.17, 15) is 23.2 Å². The molecule has 0 saturated carbocycles. The van der Waals surface area contributed by atoms with Gasteiger partial charge < -0.3 is 20.9 Å². The summed E-state index contributed by atoms with van der Waals surface area (Å²) >= 11 is 0. The van der Waals surface area contributed by atoms with Crippen molar-refractivity contribution < 1.29 is 23.2 Å².